The summed E-state index contributed by atoms with van der Waals surface area (Å²) in [6.07, 6.45) is 6.78. The highest BCUT2D eigenvalue weighted by atomic mass is 15.3. The van der Waals surface area contributed by atoms with Crippen LogP contribution < -0.4 is 5.32 Å². The van der Waals surface area contributed by atoms with Gasteiger partial charge in [-0.15, -0.1) is 0 Å². The van der Waals surface area contributed by atoms with E-state index in [2.05, 4.69) is 31.0 Å². The summed E-state index contributed by atoms with van der Waals surface area (Å²) >= 11 is 0. The summed E-state index contributed by atoms with van der Waals surface area (Å²) in [5, 5.41) is 3.82. The second kappa shape index (κ2) is 5.05. The van der Waals surface area contributed by atoms with E-state index in [1.165, 1.54) is 51.7 Å². The van der Waals surface area contributed by atoms with Crippen molar-refractivity contribution in [2.45, 2.75) is 64.5 Å². The fourth-order valence-electron chi connectivity index (χ4n) is 3.29. The van der Waals surface area contributed by atoms with Crippen molar-refractivity contribution in [3.05, 3.63) is 0 Å². The minimum absolute atomic E-state index is 0.446. The van der Waals surface area contributed by atoms with E-state index in [-0.39, 0.29) is 0 Å². The molecule has 1 aliphatic heterocycles. The van der Waals surface area contributed by atoms with Gasteiger partial charge in [0.05, 0.1) is 0 Å². The van der Waals surface area contributed by atoms with Crippen LogP contribution in [0.1, 0.15) is 52.9 Å². The predicted molar refractivity (Wildman–Crippen MR) is 69.7 cm³/mol. The first-order valence-corrected chi connectivity index (χ1v) is 7.24. The number of piperazine rings is 1. The molecule has 1 aliphatic carbocycles. The molecule has 1 unspecified atom stereocenters. The van der Waals surface area contributed by atoms with Crippen molar-refractivity contribution in [1.29, 1.82) is 0 Å². The molecule has 0 bridgehead atoms. The number of nitrogens with one attached hydrogen (secondary N) is 1. The maximum Gasteiger partial charge on any atom is 0.0329 e. The summed E-state index contributed by atoms with van der Waals surface area (Å²) < 4.78 is 0. The van der Waals surface area contributed by atoms with Gasteiger partial charge in [0.15, 0.2) is 0 Å². The minimum atomic E-state index is 0.446. The fraction of sp³-hybridized carbons (Fsp3) is 1.00. The van der Waals surface area contributed by atoms with Gasteiger partial charge in [-0.1, -0.05) is 20.8 Å². The van der Waals surface area contributed by atoms with Gasteiger partial charge in [0, 0.05) is 24.7 Å². The third-order valence-corrected chi connectivity index (χ3v) is 4.78. The lowest BCUT2D eigenvalue weighted by atomic mass is 9.86. The van der Waals surface area contributed by atoms with Crippen LogP contribution in [-0.2, 0) is 0 Å². The van der Waals surface area contributed by atoms with Crippen molar-refractivity contribution in [3.8, 4) is 0 Å². The van der Waals surface area contributed by atoms with Crippen LogP contribution >= 0.6 is 0 Å². The first kappa shape index (κ1) is 12.4. The zero-order valence-corrected chi connectivity index (χ0v) is 11.3. The fourth-order valence-corrected chi connectivity index (χ4v) is 3.29. The number of rotatable bonds is 5. The number of hydrogen-bond acceptors (Lipinski definition) is 2. The van der Waals surface area contributed by atoms with Crippen LogP contribution in [0.2, 0.25) is 0 Å². The van der Waals surface area contributed by atoms with Crippen LogP contribution in [0.4, 0.5) is 0 Å². The number of hydrogen-bond donors (Lipinski definition) is 1. The highest BCUT2D eigenvalue weighted by Gasteiger charge is 2.42. The molecule has 0 spiro atoms. The summed E-state index contributed by atoms with van der Waals surface area (Å²) in [6.45, 7) is 10.8. The first-order valence-electron chi connectivity index (χ1n) is 7.24. The van der Waals surface area contributed by atoms with E-state index in [1.807, 2.05) is 0 Å². The standard InChI is InChI=1S/C14H28N2/c1-4-9-16-10-13(12-7-8-12)15-11-14(16,5-2)6-3/h12-13,15H,4-11H2,1-3H3. The van der Waals surface area contributed by atoms with Crippen LogP contribution in [-0.4, -0.2) is 36.1 Å². The Balaban J connectivity index is 2.02. The van der Waals surface area contributed by atoms with Crippen LogP contribution in [0.3, 0.4) is 0 Å². The quantitative estimate of drug-likeness (QED) is 0.772. The topological polar surface area (TPSA) is 15.3 Å². The van der Waals surface area contributed by atoms with Gasteiger partial charge < -0.3 is 5.32 Å². The van der Waals surface area contributed by atoms with E-state index in [9.17, 15) is 0 Å². The molecule has 2 rings (SSSR count). The Kier molecular flexibility index (Phi) is 3.91. The van der Waals surface area contributed by atoms with E-state index >= 15 is 0 Å². The Hall–Kier alpha value is -0.0800. The average Bonchev–Trinajstić information content (AvgIpc) is 3.14. The Labute approximate surface area is 101 Å². The number of nitrogens with zero attached hydrogens (tertiary/aromatic N) is 1. The molecular formula is C14H28N2. The molecule has 1 atom stereocenters. The van der Waals surface area contributed by atoms with Gasteiger partial charge in [0.1, 0.15) is 0 Å². The van der Waals surface area contributed by atoms with Crippen molar-refractivity contribution in [3.63, 3.8) is 0 Å². The molecule has 2 fully saturated rings. The van der Waals surface area contributed by atoms with Gasteiger partial charge in [-0.05, 0) is 44.6 Å². The molecule has 2 nitrogen and oxygen atoms in total. The largest absolute Gasteiger partial charge is 0.311 e. The van der Waals surface area contributed by atoms with Crippen LogP contribution in [0, 0.1) is 5.92 Å². The van der Waals surface area contributed by atoms with Gasteiger partial charge in [-0.25, -0.2) is 0 Å². The average molecular weight is 224 g/mol. The third kappa shape index (κ3) is 2.28. The van der Waals surface area contributed by atoms with Gasteiger partial charge in [0.25, 0.3) is 0 Å². The van der Waals surface area contributed by atoms with E-state index in [0.29, 0.717) is 5.54 Å². The van der Waals surface area contributed by atoms with Crippen LogP contribution in [0.5, 0.6) is 0 Å². The molecule has 0 aromatic heterocycles. The van der Waals surface area contributed by atoms with Gasteiger partial charge in [0.2, 0.25) is 0 Å². The second-order valence-electron chi connectivity index (χ2n) is 5.70. The maximum atomic E-state index is 3.82. The summed E-state index contributed by atoms with van der Waals surface area (Å²) in [5.41, 5.74) is 0.446. The second-order valence-corrected chi connectivity index (χ2v) is 5.70. The highest BCUT2D eigenvalue weighted by molar-refractivity contribution is 5.01. The zero-order chi connectivity index (χ0) is 11.6. The van der Waals surface area contributed by atoms with Crippen molar-refractivity contribution in [1.82, 2.24) is 10.2 Å². The van der Waals surface area contributed by atoms with Crippen LogP contribution in [0.15, 0.2) is 0 Å². The van der Waals surface area contributed by atoms with Crippen molar-refractivity contribution in [2.24, 2.45) is 5.92 Å². The molecular weight excluding hydrogens is 196 g/mol. The van der Waals surface area contributed by atoms with Crippen LogP contribution in [0.25, 0.3) is 0 Å². The van der Waals surface area contributed by atoms with Crippen molar-refractivity contribution >= 4 is 0 Å². The van der Waals surface area contributed by atoms with E-state index in [1.54, 1.807) is 0 Å². The Morgan fingerprint density at radius 1 is 1.19 bits per heavy atom. The minimum Gasteiger partial charge on any atom is -0.311 e. The zero-order valence-electron chi connectivity index (χ0n) is 11.3. The lowest BCUT2D eigenvalue weighted by molar-refractivity contribution is 0.0274. The molecule has 16 heavy (non-hydrogen) atoms. The molecule has 2 heteroatoms. The smallest absolute Gasteiger partial charge is 0.0329 e. The third-order valence-electron chi connectivity index (χ3n) is 4.78. The van der Waals surface area contributed by atoms with Crippen molar-refractivity contribution < 1.29 is 0 Å². The van der Waals surface area contributed by atoms with Crippen molar-refractivity contribution in [2.75, 3.05) is 19.6 Å². The highest BCUT2D eigenvalue weighted by Crippen LogP contribution is 2.37. The molecule has 1 heterocycles. The lowest BCUT2D eigenvalue weighted by Gasteiger charge is -2.50. The lowest BCUT2D eigenvalue weighted by Crippen LogP contribution is -2.64. The molecule has 0 aromatic rings. The predicted octanol–water partition coefficient (Wildman–Crippen LogP) is 2.64. The molecule has 1 saturated carbocycles. The molecule has 0 amide bonds. The maximum absolute atomic E-state index is 3.82. The normalized spacial score (nSPS) is 30.6. The SMILES string of the molecule is CCCN1CC(C2CC2)NCC1(CC)CC. The summed E-state index contributed by atoms with van der Waals surface area (Å²) in [4.78, 5) is 2.78. The molecule has 94 valence electrons. The summed E-state index contributed by atoms with van der Waals surface area (Å²) in [6, 6.07) is 0.790. The summed E-state index contributed by atoms with van der Waals surface area (Å²) in [5.74, 6) is 0.992. The molecule has 1 saturated heterocycles. The molecule has 1 N–H and O–H groups in total. The van der Waals surface area contributed by atoms with Gasteiger partial charge >= 0.3 is 0 Å². The van der Waals surface area contributed by atoms with Gasteiger partial charge in [-0.2, -0.15) is 0 Å². The first-order chi connectivity index (χ1) is 7.75. The summed E-state index contributed by atoms with van der Waals surface area (Å²) in [7, 11) is 0. The Bertz CT molecular complexity index is 219. The van der Waals surface area contributed by atoms with E-state index in [4.69, 9.17) is 0 Å². The van der Waals surface area contributed by atoms with E-state index in [0.717, 1.165) is 12.0 Å². The Morgan fingerprint density at radius 2 is 1.88 bits per heavy atom. The molecule has 2 aliphatic rings. The molecule has 0 radical (unpaired) electrons. The van der Waals surface area contributed by atoms with Gasteiger partial charge in [-0.3, -0.25) is 4.90 Å². The molecule has 0 aromatic carbocycles. The van der Waals surface area contributed by atoms with E-state index < -0.39 is 0 Å². The Morgan fingerprint density at radius 3 is 2.38 bits per heavy atom. The monoisotopic (exact) mass is 224 g/mol.